The molecular weight excluding hydrogens is 597 g/mol. The number of ether oxygens (including phenoxy) is 2. The van der Waals surface area contributed by atoms with Crippen molar-refractivity contribution in [1.29, 1.82) is 0 Å². The molecule has 4 rings (SSSR count). The maximum absolute atomic E-state index is 12.3. The Morgan fingerprint density at radius 1 is 1.05 bits per heavy atom. The van der Waals surface area contributed by atoms with E-state index in [0.29, 0.717) is 43.2 Å². The topological polar surface area (TPSA) is 135 Å². The highest BCUT2D eigenvalue weighted by Crippen LogP contribution is 2.60. The highest BCUT2D eigenvalue weighted by atomic mass is 32.3. The third kappa shape index (κ3) is 11.0. The fourth-order valence-corrected chi connectivity index (χ4v) is 10.1. The molecule has 2 aromatic heterocycles. The molecule has 0 aromatic carbocycles. The average Bonchev–Trinajstić information content (AvgIpc) is 3.73. The first-order valence-electron chi connectivity index (χ1n) is 16.4. The maximum Gasteiger partial charge on any atom is 0.353 e. The van der Waals surface area contributed by atoms with Crippen molar-refractivity contribution in [3.63, 3.8) is 0 Å². The SMILES string of the molecule is C[C@H](Cn1cnc2c(N)ncnc21)OCP(=O)(O)OCCCOCCCCCCCCCC#CS(C)(C)C1CC2CCC1C2. The molecule has 2 aromatic rings. The van der Waals surface area contributed by atoms with Gasteiger partial charge in [0, 0.05) is 24.9 Å². The minimum atomic E-state index is -3.85. The Morgan fingerprint density at radius 2 is 1.80 bits per heavy atom. The number of rotatable bonds is 20. The van der Waals surface area contributed by atoms with Gasteiger partial charge in [0.15, 0.2) is 11.5 Å². The molecule has 0 aliphatic heterocycles. The number of aromatic nitrogens is 4. The quantitative estimate of drug-likeness (QED) is 0.0909. The lowest BCUT2D eigenvalue weighted by Gasteiger charge is -2.37. The summed E-state index contributed by atoms with van der Waals surface area (Å²) in [6, 6.07) is 0. The van der Waals surface area contributed by atoms with E-state index in [1.807, 2.05) is 6.92 Å². The zero-order chi connectivity index (χ0) is 31.4. The minimum Gasteiger partial charge on any atom is -0.382 e. The molecular formula is C32H54N5O5PS. The summed E-state index contributed by atoms with van der Waals surface area (Å²) in [5, 5.41) is 4.64. The van der Waals surface area contributed by atoms with Crippen LogP contribution in [0.25, 0.3) is 11.2 Å². The van der Waals surface area contributed by atoms with Gasteiger partial charge in [-0.1, -0.05) is 49.7 Å². The second-order valence-corrected chi connectivity index (χ2v) is 18.4. The number of nitrogens with two attached hydrogens (primary N) is 1. The van der Waals surface area contributed by atoms with Crippen molar-refractivity contribution in [3.05, 3.63) is 12.7 Å². The van der Waals surface area contributed by atoms with Crippen molar-refractivity contribution in [2.45, 2.75) is 108 Å². The van der Waals surface area contributed by atoms with Gasteiger partial charge < -0.3 is 29.2 Å². The molecule has 2 bridgehead atoms. The molecule has 248 valence electrons. The fourth-order valence-electron chi connectivity index (χ4n) is 6.61. The van der Waals surface area contributed by atoms with Gasteiger partial charge in [0.1, 0.15) is 18.2 Å². The van der Waals surface area contributed by atoms with Crippen LogP contribution in [0, 0.1) is 23.0 Å². The van der Waals surface area contributed by atoms with Crippen molar-refractivity contribution >= 4 is 34.6 Å². The van der Waals surface area contributed by atoms with Crippen molar-refractivity contribution in [2.24, 2.45) is 11.8 Å². The summed E-state index contributed by atoms with van der Waals surface area (Å²) in [5.41, 5.74) is 6.93. The Bertz CT molecular complexity index is 1280. The fraction of sp³-hybridized carbons (Fsp3) is 0.781. The third-order valence-electron chi connectivity index (χ3n) is 8.99. The number of unbranched alkanes of at least 4 members (excludes halogenated alkanes) is 7. The Morgan fingerprint density at radius 3 is 2.55 bits per heavy atom. The number of nitrogen functional groups attached to an aromatic ring is 1. The van der Waals surface area contributed by atoms with E-state index in [1.165, 1.54) is 70.5 Å². The van der Waals surface area contributed by atoms with Gasteiger partial charge in [-0.3, -0.25) is 4.57 Å². The van der Waals surface area contributed by atoms with Gasteiger partial charge in [-0.05, 0) is 69.8 Å². The van der Waals surface area contributed by atoms with Gasteiger partial charge in [0.25, 0.3) is 0 Å². The van der Waals surface area contributed by atoms with Crippen LogP contribution in [0.5, 0.6) is 0 Å². The number of nitrogens with zero attached hydrogens (tertiary/aromatic N) is 4. The van der Waals surface area contributed by atoms with E-state index in [9.17, 15) is 9.46 Å². The molecule has 12 heteroatoms. The first kappa shape index (κ1) is 35.2. The zero-order valence-electron chi connectivity index (χ0n) is 27.0. The van der Waals surface area contributed by atoms with Gasteiger partial charge in [-0.2, -0.15) is 10.0 Å². The van der Waals surface area contributed by atoms with E-state index in [2.05, 4.69) is 38.6 Å². The van der Waals surface area contributed by atoms with Crippen LogP contribution < -0.4 is 5.73 Å². The summed E-state index contributed by atoms with van der Waals surface area (Å²) in [5.74, 6) is 5.85. The molecule has 0 amide bonds. The Balaban J connectivity index is 0.927. The highest BCUT2D eigenvalue weighted by molar-refractivity contribution is 8.37. The summed E-state index contributed by atoms with van der Waals surface area (Å²) >= 11 is 0. The third-order valence-corrected chi connectivity index (χ3v) is 12.8. The van der Waals surface area contributed by atoms with E-state index < -0.39 is 17.6 Å². The molecule has 2 saturated carbocycles. The lowest BCUT2D eigenvalue weighted by Crippen LogP contribution is -2.22. The number of anilines is 1. The largest absolute Gasteiger partial charge is 0.382 e. The monoisotopic (exact) mass is 651 g/mol. The predicted molar refractivity (Wildman–Crippen MR) is 180 cm³/mol. The standard InChI is InChI=1S/C32H54N5O5PS/c1-26(22-37-24-36-30-31(33)34-23-35-32(30)37)41-25-43(38,39)42-18-13-17-40-16-11-9-7-5-4-6-8-10-12-19-44(2,3)29-21-27-14-15-28(29)20-27/h23-24,26-29H,4-11,13-18,20-22,25H2,1-3H3,(H,38,39)(H2,33,34,35)/t26-,27?,28?,29?/m1/s1. The van der Waals surface area contributed by atoms with Crippen LogP contribution in [0.3, 0.4) is 0 Å². The molecule has 0 saturated heterocycles. The normalized spacial score (nSPS) is 22.1. The van der Waals surface area contributed by atoms with Crippen LogP contribution in [-0.2, 0) is 25.1 Å². The lowest BCUT2D eigenvalue weighted by atomic mass is 10.0. The molecule has 2 aliphatic rings. The lowest BCUT2D eigenvalue weighted by molar-refractivity contribution is 0.0688. The van der Waals surface area contributed by atoms with E-state index in [0.717, 1.165) is 29.9 Å². The summed E-state index contributed by atoms with van der Waals surface area (Å²) in [6.07, 6.45) is 23.2. The van der Waals surface area contributed by atoms with Gasteiger partial charge in [-0.15, -0.1) is 0 Å². The van der Waals surface area contributed by atoms with Crippen LogP contribution in [0.1, 0.15) is 90.4 Å². The molecule has 44 heavy (non-hydrogen) atoms. The molecule has 0 spiro atoms. The minimum absolute atomic E-state index is 0.151. The molecule has 3 N–H and O–H groups in total. The Labute approximate surface area is 265 Å². The average molecular weight is 652 g/mol. The van der Waals surface area contributed by atoms with Crippen molar-refractivity contribution in [2.75, 3.05) is 44.4 Å². The molecule has 2 fully saturated rings. The van der Waals surface area contributed by atoms with Crippen LogP contribution in [-0.4, -0.2) is 74.4 Å². The molecule has 0 radical (unpaired) electrons. The van der Waals surface area contributed by atoms with Crippen LogP contribution in [0.15, 0.2) is 12.7 Å². The molecule has 5 atom stereocenters. The zero-order valence-corrected chi connectivity index (χ0v) is 28.7. The van der Waals surface area contributed by atoms with Gasteiger partial charge >= 0.3 is 7.60 Å². The maximum atomic E-state index is 12.3. The van der Waals surface area contributed by atoms with Crippen LogP contribution in [0.4, 0.5) is 5.82 Å². The second kappa shape index (κ2) is 17.3. The van der Waals surface area contributed by atoms with Crippen molar-refractivity contribution in [1.82, 2.24) is 19.5 Å². The molecule has 2 aliphatic carbocycles. The number of imidazole rings is 1. The van der Waals surface area contributed by atoms with Gasteiger partial charge in [-0.25, -0.2) is 15.0 Å². The molecule has 4 unspecified atom stereocenters. The van der Waals surface area contributed by atoms with Gasteiger partial charge in [0.05, 0.1) is 25.6 Å². The van der Waals surface area contributed by atoms with Gasteiger partial charge in [0.2, 0.25) is 0 Å². The summed E-state index contributed by atoms with van der Waals surface area (Å²) in [4.78, 5) is 22.4. The Hall–Kier alpha value is -1.67. The number of hydrogen-bond donors (Lipinski definition) is 2. The summed E-state index contributed by atoms with van der Waals surface area (Å²) < 4.78 is 30.6. The first-order valence-corrected chi connectivity index (χ1v) is 20.7. The Kier molecular flexibility index (Phi) is 13.8. The van der Waals surface area contributed by atoms with Crippen LogP contribution in [0.2, 0.25) is 0 Å². The summed E-state index contributed by atoms with van der Waals surface area (Å²) in [6.45, 7) is 3.58. The second-order valence-electron chi connectivity index (χ2n) is 13.0. The van der Waals surface area contributed by atoms with E-state index in [-0.39, 0.29) is 19.1 Å². The molecule has 2 heterocycles. The smallest absolute Gasteiger partial charge is 0.353 e. The number of fused-ring (bicyclic) bond motifs is 3. The molecule has 10 nitrogen and oxygen atoms in total. The van der Waals surface area contributed by atoms with E-state index >= 15 is 0 Å². The van der Waals surface area contributed by atoms with Crippen molar-refractivity contribution < 1.29 is 23.5 Å². The predicted octanol–water partition coefficient (Wildman–Crippen LogP) is 6.71. The van der Waals surface area contributed by atoms with Crippen LogP contribution >= 0.6 is 17.6 Å². The first-order chi connectivity index (χ1) is 21.1. The van der Waals surface area contributed by atoms with Crippen molar-refractivity contribution in [3.8, 4) is 11.2 Å². The number of hydrogen-bond acceptors (Lipinski definition) is 8. The summed E-state index contributed by atoms with van der Waals surface area (Å²) in [7, 11) is -4.60. The van der Waals surface area contributed by atoms with E-state index in [4.69, 9.17) is 19.7 Å². The highest BCUT2D eigenvalue weighted by Gasteiger charge is 2.44. The van der Waals surface area contributed by atoms with E-state index in [1.54, 1.807) is 10.9 Å².